The third-order valence-corrected chi connectivity index (χ3v) is 4.27. The maximum absolute atomic E-state index is 3.53. The quantitative estimate of drug-likeness (QED) is 0.741. The first-order valence-corrected chi connectivity index (χ1v) is 5.95. The van der Waals surface area contributed by atoms with Crippen molar-refractivity contribution in [1.29, 1.82) is 0 Å². The van der Waals surface area contributed by atoms with E-state index in [1.165, 1.54) is 25.7 Å². The highest BCUT2D eigenvalue weighted by Gasteiger charge is 2.45. The van der Waals surface area contributed by atoms with E-state index in [9.17, 15) is 0 Å². The zero-order valence-electron chi connectivity index (χ0n) is 10.0. The second kappa shape index (κ2) is 3.49. The summed E-state index contributed by atoms with van der Waals surface area (Å²) in [6, 6.07) is 2.33. The van der Waals surface area contributed by atoms with Crippen molar-refractivity contribution in [3.8, 4) is 0 Å². The molecule has 0 bridgehead atoms. The molecule has 0 radical (unpaired) electrons. The molecule has 1 N–H and O–H groups in total. The molecule has 0 aromatic heterocycles. The average molecular weight is 196 g/mol. The van der Waals surface area contributed by atoms with E-state index in [1.54, 1.807) is 0 Å². The molecular weight excluding hydrogens is 172 g/mol. The number of likely N-dealkylation sites (N-methyl/N-ethyl adjacent to an activating group) is 2. The van der Waals surface area contributed by atoms with Gasteiger partial charge in [0, 0.05) is 18.1 Å². The molecule has 0 aromatic carbocycles. The Morgan fingerprint density at radius 3 is 2.36 bits per heavy atom. The van der Waals surface area contributed by atoms with Gasteiger partial charge in [-0.25, -0.2) is 0 Å². The van der Waals surface area contributed by atoms with Crippen LogP contribution in [0.15, 0.2) is 0 Å². The van der Waals surface area contributed by atoms with Crippen LogP contribution in [0.2, 0.25) is 0 Å². The fourth-order valence-corrected chi connectivity index (χ4v) is 3.14. The first-order valence-electron chi connectivity index (χ1n) is 5.95. The van der Waals surface area contributed by atoms with Gasteiger partial charge >= 0.3 is 0 Å². The maximum atomic E-state index is 3.53. The molecule has 0 aromatic rings. The Labute approximate surface area is 88.1 Å². The van der Waals surface area contributed by atoms with E-state index < -0.39 is 0 Å². The first kappa shape index (κ1) is 10.4. The van der Waals surface area contributed by atoms with Crippen molar-refractivity contribution >= 4 is 0 Å². The summed E-state index contributed by atoms with van der Waals surface area (Å²) in [6.45, 7) is 4.80. The first-order chi connectivity index (χ1) is 6.56. The Hall–Kier alpha value is -0.0800. The number of rotatable bonds is 3. The minimum atomic E-state index is 0.475. The fourth-order valence-electron chi connectivity index (χ4n) is 3.14. The second-order valence-electron chi connectivity index (χ2n) is 5.76. The second-order valence-corrected chi connectivity index (χ2v) is 5.76. The SMILES string of the molecule is CNC1C(N(C)C2CC2)CCC1(C)C. The molecule has 2 heteroatoms. The lowest BCUT2D eigenvalue weighted by molar-refractivity contribution is 0.171. The van der Waals surface area contributed by atoms with Crippen molar-refractivity contribution in [2.24, 2.45) is 5.41 Å². The lowest BCUT2D eigenvalue weighted by atomic mass is 9.86. The van der Waals surface area contributed by atoms with Gasteiger partial charge in [-0.3, -0.25) is 4.90 Å². The standard InChI is InChI=1S/C12H24N2/c1-12(2)8-7-10(11(12)13-3)14(4)9-5-6-9/h9-11,13H,5-8H2,1-4H3. The summed E-state index contributed by atoms with van der Waals surface area (Å²) in [5.41, 5.74) is 0.475. The lowest BCUT2D eigenvalue weighted by Crippen LogP contribution is -2.50. The van der Waals surface area contributed by atoms with E-state index in [4.69, 9.17) is 0 Å². The molecule has 2 saturated carbocycles. The van der Waals surface area contributed by atoms with Crippen molar-refractivity contribution in [2.75, 3.05) is 14.1 Å². The van der Waals surface area contributed by atoms with Gasteiger partial charge in [0.05, 0.1) is 0 Å². The molecule has 0 amide bonds. The topological polar surface area (TPSA) is 15.3 Å². The molecule has 14 heavy (non-hydrogen) atoms. The summed E-state index contributed by atoms with van der Waals surface area (Å²) in [5.74, 6) is 0. The Balaban J connectivity index is 2.04. The van der Waals surface area contributed by atoms with Crippen LogP contribution in [0.25, 0.3) is 0 Å². The van der Waals surface area contributed by atoms with E-state index in [0.717, 1.165) is 12.1 Å². The highest BCUT2D eigenvalue weighted by atomic mass is 15.2. The van der Waals surface area contributed by atoms with E-state index in [-0.39, 0.29) is 0 Å². The van der Waals surface area contributed by atoms with E-state index in [0.29, 0.717) is 11.5 Å². The molecule has 2 unspecified atom stereocenters. The van der Waals surface area contributed by atoms with Crippen LogP contribution in [-0.4, -0.2) is 37.1 Å². The van der Waals surface area contributed by atoms with Crippen LogP contribution in [0.4, 0.5) is 0 Å². The molecule has 82 valence electrons. The molecule has 2 fully saturated rings. The minimum Gasteiger partial charge on any atom is -0.315 e. The highest BCUT2D eigenvalue weighted by molar-refractivity contribution is 5.02. The summed E-state index contributed by atoms with van der Waals surface area (Å²) in [6.07, 6.45) is 5.57. The van der Waals surface area contributed by atoms with Crippen molar-refractivity contribution in [1.82, 2.24) is 10.2 Å². The van der Waals surface area contributed by atoms with Crippen molar-refractivity contribution in [3.05, 3.63) is 0 Å². The summed E-state index contributed by atoms with van der Waals surface area (Å²) < 4.78 is 0. The van der Waals surface area contributed by atoms with Gasteiger partial charge in [-0.2, -0.15) is 0 Å². The third-order valence-electron chi connectivity index (χ3n) is 4.27. The van der Waals surface area contributed by atoms with Crippen LogP contribution in [-0.2, 0) is 0 Å². The van der Waals surface area contributed by atoms with Gasteiger partial charge in [0.1, 0.15) is 0 Å². The molecule has 2 aliphatic rings. The molecule has 0 spiro atoms. The Morgan fingerprint density at radius 1 is 1.21 bits per heavy atom. The molecule has 2 rings (SSSR count). The number of hydrogen-bond acceptors (Lipinski definition) is 2. The summed E-state index contributed by atoms with van der Waals surface area (Å²) >= 11 is 0. The molecule has 2 aliphatic carbocycles. The molecule has 2 nitrogen and oxygen atoms in total. The van der Waals surface area contributed by atoms with E-state index in [2.05, 4.69) is 38.2 Å². The van der Waals surface area contributed by atoms with Crippen LogP contribution < -0.4 is 5.32 Å². The molecule has 2 atom stereocenters. The zero-order valence-corrected chi connectivity index (χ0v) is 10.0. The van der Waals surface area contributed by atoms with Gasteiger partial charge < -0.3 is 5.32 Å². The van der Waals surface area contributed by atoms with Crippen LogP contribution in [0, 0.1) is 5.41 Å². The van der Waals surface area contributed by atoms with Gasteiger partial charge in [0.2, 0.25) is 0 Å². The van der Waals surface area contributed by atoms with Crippen molar-refractivity contribution < 1.29 is 0 Å². The predicted molar refractivity (Wildman–Crippen MR) is 60.4 cm³/mol. The minimum absolute atomic E-state index is 0.475. The van der Waals surface area contributed by atoms with Gasteiger partial charge in [-0.1, -0.05) is 13.8 Å². The summed E-state index contributed by atoms with van der Waals surface area (Å²) in [7, 11) is 4.43. The van der Waals surface area contributed by atoms with Gasteiger partial charge in [-0.15, -0.1) is 0 Å². The van der Waals surface area contributed by atoms with Crippen LogP contribution in [0.5, 0.6) is 0 Å². The lowest BCUT2D eigenvalue weighted by Gasteiger charge is -2.35. The molecule has 0 heterocycles. The van der Waals surface area contributed by atoms with Gasteiger partial charge in [-0.05, 0) is 45.2 Å². The number of hydrogen-bond donors (Lipinski definition) is 1. The highest BCUT2D eigenvalue weighted by Crippen LogP contribution is 2.42. The third kappa shape index (κ3) is 1.70. The summed E-state index contributed by atoms with van der Waals surface area (Å²) in [4.78, 5) is 2.62. The molecule has 0 saturated heterocycles. The average Bonchev–Trinajstić information content (AvgIpc) is 2.89. The summed E-state index contributed by atoms with van der Waals surface area (Å²) in [5, 5.41) is 3.53. The largest absolute Gasteiger partial charge is 0.315 e. The molecule has 0 aliphatic heterocycles. The van der Waals surface area contributed by atoms with Crippen molar-refractivity contribution in [3.63, 3.8) is 0 Å². The Kier molecular flexibility index (Phi) is 2.61. The normalized spacial score (nSPS) is 36.6. The van der Waals surface area contributed by atoms with Crippen molar-refractivity contribution in [2.45, 2.75) is 57.7 Å². The van der Waals surface area contributed by atoms with Gasteiger partial charge in [0.15, 0.2) is 0 Å². The van der Waals surface area contributed by atoms with E-state index in [1.807, 2.05) is 0 Å². The fraction of sp³-hybridized carbons (Fsp3) is 1.00. The Bertz CT molecular complexity index is 208. The predicted octanol–water partition coefficient (Wildman–Crippen LogP) is 1.86. The number of nitrogens with one attached hydrogen (secondary N) is 1. The smallest absolute Gasteiger partial charge is 0.0271 e. The van der Waals surface area contributed by atoms with Crippen LogP contribution in [0.3, 0.4) is 0 Å². The van der Waals surface area contributed by atoms with Crippen LogP contribution in [0.1, 0.15) is 39.5 Å². The molecular formula is C12H24N2. The monoisotopic (exact) mass is 196 g/mol. The van der Waals surface area contributed by atoms with E-state index >= 15 is 0 Å². The Morgan fingerprint density at radius 2 is 1.86 bits per heavy atom. The zero-order chi connectivity index (χ0) is 10.3. The number of nitrogens with zero attached hydrogens (tertiary/aromatic N) is 1. The van der Waals surface area contributed by atoms with Gasteiger partial charge in [0.25, 0.3) is 0 Å². The van der Waals surface area contributed by atoms with Crippen LogP contribution >= 0.6 is 0 Å². The maximum Gasteiger partial charge on any atom is 0.0271 e.